The number of alkyl halides is 2. The van der Waals surface area contributed by atoms with Crippen LogP contribution < -0.4 is 10.2 Å². The topological polar surface area (TPSA) is 40.6 Å². The molecule has 2 heterocycles. The quantitative estimate of drug-likeness (QED) is 0.636. The van der Waals surface area contributed by atoms with E-state index in [-0.39, 0.29) is 10.9 Å². The average molecular weight is 306 g/mol. The largest absolute Gasteiger partial charge is 0.496 e. The van der Waals surface area contributed by atoms with E-state index >= 15 is 0 Å². The van der Waals surface area contributed by atoms with Gasteiger partial charge in [0.2, 0.25) is 0 Å². The fourth-order valence-corrected chi connectivity index (χ4v) is 1.88. The Labute approximate surface area is 121 Å². The van der Waals surface area contributed by atoms with Crippen LogP contribution in [0.1, 0.15) is 27.7 Å². The van der Waals surface area contributed by atoms with Crippen LogP contribution in [0.15, 0.2) is 12.3 Å². The predicted octanol–water partition coefficient (Wildman–Crippen LogP) is 2.64. The predicted molar refractivity (Wildman–Crippen MR) is 71.6 cm³/mol. The van der Waals surface area contributed by atoms with Crippen molar-refractivity contribution in [3.8, 4) is 5.75 Å². The smallest absolute Gasteiger partial charge is 0.432 e. The Kier molecular flexibility index (Phi) is 3.97. The van der Waals surface area contributed by atoms with Gasteiger partial charge in [-0.15, -0.1) is 0 Å². The number of nitrogens with zero attached hydrogens (tertiary/aromatic N) is 1. The highest BCUT2D eigenvalue weighted by Crippen LogP contribution is 2.36. The van der Waals surface area contributed by atoms with Gasteiger partial charge in [0.05, 0.1) is 11.2 Å². The van der Waals surface area contributed by atoms with Gasteiger partial charge in [-0.1, -0.05) is 11.6 Å². The molecular formula is C12H15BClF2NO3. The second kappa shape index (κ2) is 5.13. The van der Waals surface area contributed by atoms with E-state index in [9.17, 15) is 8.78 Å². The number of ether oxygens (including phenoxy) is 1. The third kappa shape index (κ3) is 2.89. The monoisotopic (exact) mass is 305 g/mol. The zero-order chi connectivity index (χ0) is 15.1. The summed E-state index contributed by atoms with van der Waals surface area (Å²) in [5.41, 5.74) is -0.578. The molecule has 1 fully saturated rings. The Balaban J connectivity index is 2.27. The zero-order valence-electron chi connectivity index (χ0n) is 11.6. The van der Waals surface area contributed by atoms with Gasteiger partial charge in [0.1, 0.15) is 0 Å². The van der Waals surface area contributed by atoms with Crippen LogP contribution in [0.4, 0.5) is 8.78 Å². The minimum Gasteiger partial charge on any atom is -0.432 e. The van der Waals surface area contributed by atoms with Crippen LogP contribution in [0.25, 0.3) is 0 Å². The molecule has 0 spiro atoms. The summed E-state index contributed by atoms with van der Waals surface area (Å²) in [4.78, 5) is 3.82. The second-order valence-corrected chi connectivity index (χ2v) is 5.88. The number of aromatic nitrogens is 1. The van der Waals surface area contributed by atoms with Crippen LogP contribution in [0.2, 0.25) is 5.15 Å². The van der Waals surface area contributed by atoms with E-state index in [1.54, 1.807) is 0 Å². The third-order valence-electron chi connectivity index (χ3n) is 3.57. The van der Waals surface area contributed by atoms with Crippen molar-refractivity contribution in [2.45, 2.75) is 45.5 Å². The van der Waals surface area contributed by atoms with Crippen LogP contribution >= 0.6 is 11.6 Å². The Morgan fingerprint density at radius 1 is 1.25 bits per heavy atom. The van der Waals surface area contributed by atoms with Crippen molar-refractivity contribution < 1.29 is 22.8 Å². The summed E-state index contributed by atoms with van der Waals surface area (Å²) in [5.74, 6) is -0.200. The Hall–Kier alpha value is -0.915. The normalized spacial score (nSPS) is 20.5. The Bertz CT molecular complexity index is 497. The van der Waals surface area contributed by atoms with Crippen LogP contribution in [-0.2, 0) is 9.31 Å². The van der Waals surface area contributed by atoms with E-state index in [1.807, 2.05) is 27.7 Å². The van der Waals surface area contributed by atoms with E-state index in [0.717, 1.165) is 0 Å². The molecule has 0 unspecified atom stereocenters. The maximum Gasteiger partial charge on any atom is 0.496 e. The van der Waals surface area contributed by atoms with Gasteiger partial charge in [-0.25, -0.2) is 4.98 Å². The maximum absolute atomic E-state index is 12.3. The summed E-state index contributed by atoms with van der Waals surface area (Å²) in [7, 11) is -0.704. The molecule has 1 saturated heterocycles. The number of hydrogen-bond acceptors (Lipinski definition) is 4. The minimum atomic E-state index is -2.97. The van der Waals surface area contributed by atoms with Gasteiger partial charge in [-0.2, -0.15) is 8.78 Å². The highest BCUT2D eigenvalue weighted by Gasteiger charge is 2.52. The van der Waals surface area contributed by atoms with E-state index < -0.39 is 24.9 Å². The van der Waals surface area contributed by atoms with E-state index in [4.69, 9.17) is 20.9 Å². The van der Waals surface area contributed by atoms with Gasteiger partial charge in [-0.05, 0) is 33.8 Å². The molecule has 0 atom stereocenters. The van der Waals surface area contributed by atoms with Crippen molar-refractivity contribution in [2.75, 3.05) is 0 Å². The molecule has 4 nitrogen and oxygen atoms in total. The fraction of sp³-hybridized carbons (Fsp3) is 0.583. The van der Waals surface area contributed by atoms with Crippen molar-refractivity contribution in [3.63, 3.8) is 0 Å². The number of hydrogen-bond donors (Lipinski definition) is 0. The van der Waals surface area contributed by atoms with Gasteiger partial charge in [0.25, 0.3) is 0 Å². The fourth-order valence-electron chi connectivity index (χ4n) is 1.73. The van der Waals surface area contributed by atoms with Crippen LogP contribution in [0, 0.1) is 0 Å². The summed E-state index contributed by atoms with van der Waals surface area (Å²) in [5, 5.41) is -0.134. The van der Waals surface area contributed by atoms with Gasteiger partial charge in [0, 0.05) is 11.7 Å². The molecule has 2 rings (SSSR count). The van der Waals surface area contributed by atoms with E-state index in [1.165, 1.54) is 12.3 Å². The van der Waals surface area contributed by atoms with Crippen LogP contribution in [0.3, 0.4) is 0 Å². The summed E-state index contributed by atoms with van der Waals surface area (Å²) in [6.45, 7) is 4.61. The maximum atomic E-state index is 12.3. The molecule has 1 aliphatic rings. The van der Waals surface area contributed by atoms with E-state index in [0.29, 0.717) is 5.46 Å². The van der Waals surface area contributed by atoms with Crippen molar-refractivity contribution in [1.29, 1.82) is 0 Å². The molecular weight excluding hydrogens is 290 g/mol. The van der Waals surface area contributed by atoms with Crippen molar-refractivity contribution in [3.05, 3.63) is 17.4 Å². The first-order chi connectivity index (χ1) is 9.12. The Morgan fingerprint density at radius 3 is 2.30 bits per heavy atom. The van der Waals surface area contributed by atoms with E-state index in [2.05, 4.69) is 9.72 Å². The highest BCUT2D eigenvalue weighted by atomic mass is 35.5. The summed E-state index contributed by atoms with van der Waals surface area (Å²) in [6, 6.07) is 1.35. The second-order valence-electron chi connectivity index (χ2n) is 5.52. The molecule has 0 aromatic carbocycles. The van der Waals surface area contributed by atoms with Crippen LogP contribution in [-0.4, -0.2) is 29.9 Å². The lowest BCUT2D eigenvalue weighted by Gasteiger charge is -2.32. The molecule has 1 aromatic rings. The third-order valence-corrected chi connectivity index (χ3v) is 3.85. The first-order valence-electron chi connectivity index (χ1n) is 6.08. The lowest BCUT2D eigenvalue weighted by molar-refractivity contribution is -0.0499. The lowest BCUT2D eigenvalue weighted by atomic mass is 9.80. The van der Waals surface area contributed by atoms with Gasteiger partial charge >= 0.3 is 13.7 Å². The lowest BCUT2D eigenvalue weighted by Crippen LogP contribution is -2.41. The molecule has 0 aliphatic carbocycles. The first kappa shape index (κ1) is 15.5. The molecule has 0 bridgehead atoms. The number of halogens is 3. The molecule has 110 valence electrons. The molecule has 1 aromatic heterocycles. The van der Waals surface area contributed by atoms with Crippen LogP contribution in [0.5, 0.6) is 5.75 Å². The molecule has 0 radical (unpaired) electrons. The molecule has 0 saturated carbocycles. The SMILES string of the molecule is CC1(C)OB(c2cnc(Cl)c(OC(F)F)c2)OC1(C)C. The summed E-state index contributed by atoms with van der Waals surface area (Å²) >= 11 is 5.71. The van der Waals surface area contributed by atoms with Crippen molar-refractivity contribution in [1.82, 2.24) is 4.98 Å². The number of pyridine rings is 1. The van der Waals surface area contributed by atoms with Crippen molar-refractivity contribution in [2.24, 2.45) is 0 Å². The van der Waals surface area contributed by atoms with Crippen molar-refractivity contribution >= 4 is 24.2 Å². The van der Waals surface area contributed by atoms with Gasteiger partial charge < -0.3 is 14.0 Å². The Morgan fingerprint density at radius 2 is 1.80 bits per heavy atom. The average Bonchev–Trinajstić information content (AvgIpc) is 2.50. The number of rotatable bonds is 3. The van der Waals surface area contributed by atoms with Gasteiger partial charge in [-0.3, -0.25) is 0 Å². The molecule has 8 heteroatoms. The standard InChI is InChI=1S/C12H15BClF2NO3/c1-11(2)12(3,4)20-13(19-11)7-5-8(18-10(15)16)9(14)17-6-7/h5-6,10H,1-4H3. The van der Waals surface area contributed by atoms with Gasteiger partial charge in [0.15, 0.2) is 10.9 Å². The summed E-state index contributed by atoms with van der Waals surface area (Å²) in [6.07, 6.45) is 1.42. The molecule has 1 aliphatic heterocycles. The molecule has 0 N–H and O–H groups in total. The highest BCUT2D eigenvalue weighted by molar-refractivity contribution is 6.62. The summed E-state index contributed by atoms with van der Waals surface area (Å²) < 4.78 is 40.5. The minimum absolute atomic E-state index is 0.134. The molecule has 0 amide bonds. The molecule has 20 heavy (non-hydrogen) atoms. The first-order valence-corrected chi connectivity index (χ1v) is 6.46. The zero-order valence-corrected chi connectivity index (χ0v) is 12.4.